The molecule has 0 aliphatic heterocycles. The maximum absolute atomic E-state index is 7.29. The third kappa shape index (κ3) is 25.3. The number of halogens is 1. The summed E-state index contributed by atoms with van der Waals surface area (Å²) in [7, 11) is 1.10. The minimum Gasteiger partial charge on any atom is -0.0620 e. The van der Waals surface area contributed by atoms with Gasteiger partial charge in [-0.3, -0.25) is 0 Å². The van der Waals surface area contributed by atoms with Gasteiger partial charge in [-0.25, -0.2) is 0 Å². The van der Waals surface area contributed by atoms with Crippen LogP contribution in [0.15, 0.2) is 364 Å². The van der Waals surface area contributed by atoms with Crippen molar-refractivity contribution < 1.29 is 36.8 Å². The van der Waals surface area contributed by atoms with Gasteiger partial charge in [0.2, 0.25) is 0 Å². The first kappa shape index (κ1) is 76.1. The van der Waals surface area contributed by atoms with Crippen LogP contribution in [0.5, 0.6) is 0 Å². The molecule has 0 saturated heterocycles. The second-order valence-electron chi connectivity index (χ2n) is 22.9. The molecule has 2 aliphatic rings. The summed E-state index contributed by atoms with van der Waals surface area (Å²) in [5.74, 6) is 0. The van der Waals surface area contributed by atoms with Crippen LogP contribution in [0.1, 0.15) is 51.4 Å². The molecule has 4 N–H and O–H groups in total. The number of hydrogen-bond acceptors (Lipinski definition) is 0. The molecule has 14 rings (SSSR count). The van der Waals surface area contributed by atoms with Crippen molar-refractivity contribution in [1.82, 2.24) is 0 Å². The van der Waals surface area contributed by atoms with E-state index in [0.29, 0.717) is 0 Å². The summed E-state index contributed by atoms with van der Waals surface area (Å²) in [6.07, 6.45) is 8.49. The molecule has 0 radical (unpaired) electrons. The van der Waals surface area contributed by atoms with Gasteiger partial charge in [0.25, 0.3) is 0 Å². The summed E-state index contributed by atoms with van der Waals surface area (Å²) >= 11 is 1.62. The summed E-state index contributed by atoms with van der Waals surface area (Å²) < 4.78 is 0. The van der Waals surface area contributed by atoms with Crippen LogP contribution in [0.2, 0.25) is 0 Å². The number of hydrogen-bond donors (Lipinski definition) is 0. The second kappa shape index (κ2) is 44.5. The van der Waals surface area contributed by atoms with Crippen molar-refractivity contribution in [3.63, 3.8) is 0 Å². The Balaban J connectivity index is 0.000000164. The van der Waals surface area contributed by atoms with E-state index in [4.69, 9.17) is 22.9 Å². The Hall–Kier alpha value is -6.26. The van der Waals surface area contributed by atoms with Crippen molar-refractivity contribution in [2.75, 3.05) is 0 Å². The molecule has 12 aromatic rings. The number of nitrogens with one attached hydrogen (secondary N) is 4. The summed E-state index contributed by atoms with van der Waals surface area (Å²) in [5.41, 5.74) is 29.2. The molecule has 2 aliphatic carbocycles. The van der Waals surface area contributed by atoms with Crippen LogP contribution in [-0.4, -0.2) is 24.2 Å². The van der Waals surface area contributed by atoms with Crippen molar-refractivity contribution >= 4 is 105 Å². The minimum atomic E-state index is -0.877. The van der Waals surface area contributed by atoms with Crippen LogP contribution in [0, 0.1) is 0 Å². The van der Waals surface area contributed by atoms with Crippen molar-refractivity contribution in [3.05, 3.63) is 387 Å². The second-order valence-corrected chi connectivity index (χ2v) is 32.8. The Morgan fingerprint density at radius 1 is 0.189 bits per heavy atom. The molecule has 12 aromatic carbocycles. The molecule has 0 bridgehead atoms. The van der Waals surface area contributed by atoms with Crippen LogP contribution in [0.25, 0.3) is 22.9 Å². The fourth-order valence-electron chi connectivity index (χ4n) is 11.5. The molecular weight excluding hydrogens is 1430 g/mol. The topological polar surface area (TPSA) is 95.2 Å². The van der Waals surface area contributed by atoms with Gasteiger partial charge in [-0.2, -0.15) is 24.2 Å². The van der Waals surface area contributed by atoms with Crippen LogP contribution >= 0.6 is 41.4 Å². The summed E-state index contributed by atoms with van der Waals surface area (Å²) in [5, 5.41) is 17.2. The van der Waals surface area contributed by atoms with Crippen molar-refractivity contribution in [2.24, 2.45) is 0 Å². The Labute approximate surface area is 599 Å². The average Bonchev–Trinajstić information content (AvgIpc) is 1.07. The Morgan fingerprint density at radius 3 is 0.347 bits per heavy atom. The maximum Gasteiger partial charge on any atom is 0.102 e. The normalized spacial score (nSPS) is 15.2. The summed E-state index contributed by atoms with van der Waals surface area (Å²) in [6, 6.07) is 130. The standard InChI is InChI=1S/4C18H15P.2C6H12N2.ClH.2Ru.3H/c4*1-4-10-16(11-5-1)19(17-12-6-2-7-13-17)18-14-8-3-9-15-18;2*7-5-3-1-2-4-6(5)8;;;;;;/h4*1-15H;2*5-8H,1-4H2;1H;;;;;/q;;;;2*-2;;+2;+3;;;/p+3/t;;;;2*5-,6?;;;;;;/m....11....../s1. The first-order valence-corrected chi connectivity index (χ1v) is 40.9. The Morgan fingerprint density at radius 2 is 0.274 bits per heavy atom. The van der Waals surface area contributed by atoms with Gasteiger partial charge in [-0.15, -0.1) is 0 Å². The van der Waals surface area contributed by atoms with E-state index < -0.39 is 31.7 Å². The van der Waals surface area contributed by atoms with Gasteiger partial charge >= 0.3 is 46.5 Å². The van der Waals surface area contributed by atoms with E-state index in [1.54, 1.807) is 17.3 Å². The Kier molecular flexibility index (Phi) is 35.7. The smallest absolute Gasteiger partial charge is 0.0620 e. The molecule has 486 valence electrons. The molecule has 2 unspecified atom stereocenters. The number of rotatable bonds is 12. The van der Waals surface area contributed by atoms with Gasteiger partial charge in [0, 0.05) is 0 Å². The van der Waals surface area contributed by atoms with Crippen molar-refractivity contribution in [1.29, 1.82) is 0 Å². The number of benzene rings is 12. The van der Waals surface area contributed by atoms with Crippen LogP contribution in [0.4, 0.5) is 0 Å². The maximum atomic E-state index is 7.29. The molecule has 4 atom stereocenters. The Bertz CT molecular complexity index is 2950. The van der Waals surface area contributed by atoms with Crippen molar-refractivity contribution in [2.45, 2.75) is 75.5 Å². The van der Waals surface area contributed by atoms with Gasteiger partial charge in [0.1, 0.15) is 63.7 Å². The largest absolute Gasteiger partial charge is 0.102 e. The molecule has 2 saturated carbocycles. The predicted molar refractivity (Wildman–Crippen MR) is 426 cm³/mol. The first-order chi connectivity index (χ1) is 46.4. The van der Waals surface area contributed by atoms with E-state index >= 15 is 0 Å². The SMILES string of the molecule is [Cl][RuH+2].[NH-]C1CCCC[C@H]1[NH-].[NH-]C1CCCC[C@H]1[NH-].[RuH2+2].c1ccc([PH+](c2ccccc2)c2ccccc2)cc1.c1ccc([PH+](c2ccccc2)c2ccccc2)cc1.c1ccc([PH+](c2ccccc2)c2ccccc2)cc1.c1ccc([PH+](c2ccccc2)c2ccccc2)cc1. The van der Waals surface area contributed by atoms with Gasteiger partial charge in [-0.1, -0.05) is 270 Å². The third-order valence-electron chi connectivity index (χ3n) is 16.3. The van der Waals surface area contributed by atoms with Gasteiger partial charge in [0.05, 0.1) is 31.7 Å². The van der Waals surface area contributed by atoms with E-state index in [2.05, 4.69) is 374 Å². The molecule has 4 nitrogen and oxygen atoms in total. The average molecular weight is 1520 g/mol. The van der Waals surface area contributed by atoms with E-state index in [9.17, 15) is 0 Å². The van der Waals surface area contributed by atoms with Gasteiger partial charge in [0.15, 0.2) is 0 Å². The summed E-state index contributed by atoms with van der Waals surface area (Å²) in [6.45, 7) is 0. The van der Waals surface area contributed by atoms with E-state index in [-0.39, 0.29) is 43.6 Å². The first-order valence-electron chi connectivity index (χ1n) is 32.5. The zero-order valence-corrected chi connectivity index (χ0v) is 62.4. The zero-order chi connectivity index (χ0) is 65.6. The van der Waals surface area contributed by atoms with Crippen LogP contribution < -0.4 is 63.7 Å². The van der Waals surface area contributed by atoms with Crippen LogP contribution in [0.3, 0.4) is 0 Å². The third-order valence-corrected chi connectivity index (χ3v) is 27.2. The molecule has 0 aromatic heterocycles. The summed E-state index contributed by atoms with van der Waals surface area (Å²) in [4.78, 5) is 0. The predicted octanol–water partition coefficient (Wildman–Crippen LogP) is 17.4. The molecular formula is C84H91ClN4P4Ru2+4. The quantitative estimate of drug-likeness (QED) is 0.0861. The van der Waals surface area contributed by atoms with E-state index in [0.717, 1.165) is 25.7 Å². The molecule has 0 amide bonds. The molecule has 11 heteroatoms. The van der Waals surface area contributed by atoms with Gasteiger partial charge < -0.3 is 22.9 Å². The molecule has 0 heterocycles. The van der Waals surface area contributed by atoms with E-state index in [1.807, 2.05) is 0 Å². The molecule has 2 fully saturated rings. The minimum absolute atomic E-state index is 0. The molecule has 0 spiro atoms. The van der Waals surface area contributed by atoms with Crippen LogP contribution in [-0.2, 0) is 36.8 Å². The van der Waals surface area contributed by atoms with Crippen molar-refractivity contribution in [3.8, 4) is 0 Å². The zero-order valence-electron chi connectivity index (χ0n) is 53.8. The fourth-order valence-corrected chi connectivity index (χ4v) is 21.8. The van der Waals surface area contributed by atoms with E-state index in [1.165, 1.54) is 89.3 Å². The monoisotopic (exact) mass is 1520 g/mol. The fraction of sp³-hybridized carbons (Fsp3) is 0.143. The van der Waals surface area contributed by atoms with Gasteiger partial charge in [-0.05, 0) is 146 Å². The molecule has 95 heavy (non-hydrogen) atoms.